The van der Waals surface area contributed by atoms with Crippen LogP contribution in [0.5, 0.6) is 0 Å². The number of hydrogen-bond donors (Lipinski definition) is 1. The monoisotopic (exact) mass is 196 g/mol. The number of esters is 1. The van der Waals surface area contributed by atoms with Gasteiger partial charge in [-0.1, -0.05) is 19.8 Å². The van der Waals surface area contributed by atoms with Gasteiger partial charge in [0.1, 0.15) is 5.69 Å². The maximum Gasteiger partial charge on any atom is 0.356 e. The van der Waals surface area contributed by atoms with Crippen molar-refractivity contribution in [2.24, 2.45) is 0 Å². The molecule has 0 unspecified atom stereocenters. The molecule has 0 spiro atoms. The van der Waals surface area contributed by atoms with Gasteiger partial charge in [-0.2, -0.15) is 5.10 Å². The van der Waals surface area contributed by atoms with Crippen LogP contribution < -0.4 is 0 Å². The Hall–Kier alpha value is -1.32. The third kappa shape index (κ3) is 2.58. The molecule has 0 amide bonds. The fourth-order valence-corrected chi connectivity index (χ4v) is 1.34. The van der Waals surface area contributed by atoms with Gasteiger partial charge in [0.25, 0.3) is 0 Å². The summed E-state index contributed by atoms with van der Waals surface area (Å²) in [4.78, 5) is 11.2. The molecule has 0 aliphatic carbocycles. The topological polar surface area (TPSA) is 55.0 Å². The van der Waals surface area contributed by atoms with Crippen LogP contribution >= 0.6 is 0 Å². The van der Waals surface area contributed by atoms with Gasteiger partial charge in [-0.25, -0.2) is 4.79 Å². The number of carbonyl (C=O) groups excluding carboxylic acids is 1. The van der Waals surface area contributed by atoms with Gasteiger partial charge in [-0.05, 0) is 12.8 Å². The molecule has 0 saturated heterocycles. The first kappa shape index (κ1) is 10.8. The summed E-state index contributed by atoms with van der Waals surface area (Å²) in [6.45, 7) is 2.15. The van der Waals surface area contributed by atoms with E-state index in [0.717, 1.165) is 18.4 Å². The highest BCUT2D eigenvalue weighted by atomic mass is 16.5. The predicted molar refractivity (Wildman–Crippen MR) is 53.2 cm³/mol. The Balaban J connectivity index is 2.58. The zero-order valence-corrected chi connectivity index (χ0v) is 8.67. The number of nitrogens with zero attached hydrogens (tertiary/aromatic N) is 1. The van der Waals surface area contributed by atoms with E-state index in [4.69, 9.17) is 0 Å². The van der Waals surface area contributed by atoms with E-state index in [-0.39, 0.29) is 5.97 Å². The Labute approximate surface area is 83.7 Å². The molecule has 78 valence electrons. The van der Waals surface area contributed by atoms with Crippen LogP contribution in [-0.4, -0.2) is 23.3 Å². The predicted octanol–water partition coefficient (Wildman–Crippen LogP) is 1.93. The van der Waals surface area contributed by atoms with E-state index >= 15 is 0 Å². The maximum absolute atomic E-state index is 11.2. The minimum atomic E-state index is -0.339. The highest BCUT2D eigenvalue weighted by Gasteiger charge is 2.12. The summed E-state index contributed by atoms with van der Waals surface area (Å²) in [5.41, 5.74) is 1.44. The summed E-state index contributed by atoms with van der Waals surface area (Å²) in [7, 11) is 1.37. The normalized spacial score (nSPS) is 10.1. The van der Waals surface area contributed by atoms with E-state index in [1.54, 1.807) is 6.20 Å². The van der Waals surface area contributed by atoms with E-state index in [1.165, 1.54) is 20.0 Å². The molecular formula is C10H16N2O2. The van der Waals surface area contributed by atoms with Crippen LogP contribution in [0.2, 0.25) is 0 Å². The van der Waals surface area contributed by atoms with Crippen LogP contribution in [-0.2, 0) is 11.2 Å². The van der Waals surface area contributed by atoms with E-state index < -0.39 is 0 Å². The van der Waals surface area contributed by atoms with Crippen molar-refractivity contribution in [2.75, 3.05) is 7.11 Å². The van der Waals surface area contributed by atoms with Gasteiger partial charge in [0.05, 0.1) is 13.3 Å². The molecule has 4 heteroatoms. The summed E-state index contributed by atoms with van der Waals surface area (Å²) in [6.07, 6.45) is 6.01. The largest absolute Gasteiger partial charge is 0.464 e. The quantitative estimate of drug-likeness (QED) is 0.578. The second-order valence-electron chi connectivity index (χ2n) is 3.22. The van der Waals surface area contributed by atoms with Crippen LogP contribution in [0, 0.1) is 0 Å². The fraction of sp³-hybridized carbons (Fsp3) is 0.600. The van der Waals surface area contributed by atoms with Gasteiger partial charge < -0.3 is 4.74 Å². The van der Waals surface area contributed by atoms with Crippen molar-refractivity contribution in [3.05, 3.63) is 17.5 Å². The number of nitrogens with one attached hydrogen (secondary N) is 1. The zero-order chi connectivity index (χ0) is 10.4. The second kappa shape index (κ2) is 5.42. The number of ether oxygens (including phenoxy) is 1. The molecule has 4 nitrogen and oxygen atoms in total. The Morgan fingerprint density at radius 1 is 1.57 bits per heavy atom. The van der Waals surface area contributed by atoms with Crippen molar-refractivity contribution >= 4 is 5.97 Å². The minimum Gasteiger partial charge on any atom is -0.464 e. The molecule has 0 bridgehead atoms. The second-order valence-corrected chi connectivity index (χ2v) is 3.22. The fourth-order valence-electron chi connectivity index (χ4n) is 1.34. The number of aryl methyl sites for hydroxylation is 1. The van der Waals surface area contributed by atoms with Gasteiger partial charge in [0.15, 0.2) is 0 Å². The van der Waals surface area contributed by atoms with Crippen molar-refractivity contribution in [1.82, 2.24) is 10.2 Å². The first-order valence-corrected chi connectivity index (χ1v) is 4.90. The van der Waals surface area contributed by atoms with Crippen LogP contribution in [0.15, 0.2) is 6.20 Å². The number of unbranched alkanes of at least 4 members (excludes halogenated alkanes) is 2. The standard InChI is InChI=1S/C10H16N2O2/c1-3-4-5-6-8-7-11-12-9(8)10(13)14-2/h7H,3-6H2,1-2H3,(H,11,12). The average Bonchev–Trinajstić information content (AvgIpc) is 2.65. The first-order chi connectivity index (χ1) is 6.79. The number of rotatable bonds is 5. The van der Waals surface area contributed by atoms with Crippen LogP contribution in [0.3, 0.4) is 0 Å². The van der Waals surface area contributed by atoms with Crippen LogP contribution in [0.1, 0.15) is 42.2 Å². The Morgan fingerprint density at radius 3 is 3.00 bits per heavy atom. The number of carbonyl (C=O) groups is 1. The molecule has 0 aliphatic heterocycles. The lowest BCUT2D eigenvalue weighted by Crippen LogP contribution is -2.05. The molecule has 1 rings (SSSR count). The van der Waals surface area contributed by atoms with Gasteiger partial charge in [0, 0.05) is 5.56 Å². The highest BCUT2D eigenvalue weighted by molar-refractivity contribution is 5.88. The van der Waals surface area contributed by atoms with Crippen LogP contribution in [0.4, 0.5) is 0 Å². The Morgan fingerprint density at radius 2 is 2.36 bits per heavy atom. The molecule has 0 aromatic carbocycles. The van der Waals surface area contributed by atoms with Crippen molar-refractivity contribution in [3.8, 4) is 0 Å². The number of aromatic nitrogens is 2. The number of H-pyrrole nitrogens is 1. The summed E-state index contributed by atoms with van der Waals surface area (Å²) >= 11 is 0. The molecule has 0 saturated carbocycles. The van der Waals surface area contributed by atoms with Gasteiger partial charge in [-0.15, -0.1) is 0 Å². The van der Waals surface area contributed by atoms with Gasteiger partial charge >= 0.3 is 5.97 Å². The number of hydrogen-bond acceptors (Lipinski definition) is 3. The van der Waals surface area contributed by atoms with Gasteiger partial charge in [-0.3, -0.25) is 5.10 Å². The zero-order valence-electron chi connectivity index (χ0n) is 8.67. The lowest BCUT2D eigenvalue weighted by molar-refractivity contribution is 0.0592. The lowest BCUT2D eigenvalue weighted by atomic mass is 10.1. The highest BCUT2D eigenvalue weighted by Crippen LogP contribution is 2.10. The Kier molecular flexibility index (Phi) is 4.16. The molecule has 0 fully saturated rings. The smallest absolute Gasteiger partial charge is 0.356 e. The molecule has 1 N–H and O–H groups in total. The number of aromatic amines is 1. The molecule has 1 heterocycles. The average molecular weight is 196 g/mol. The maximum atomic E-state index is 11.2. The lowest BCUT2D eigenvalue weighted by Gasteiger charge is -2.00. The molecule has 0 atom stereocenters. The Bertz CT molecular complexity index is 294. The van der Waals surface area contributed by atoms with E-state index in [1.807, 2.05) is 0 Å². The third-order valence-corrected chi connectivity index (χ3v) is 2.16. The van der Waals surface area contributed by atoms with Crippen molar-refractivity contribution < 1.29 is 9.53 Å². The summed E-state index contributed by atoms with van der Waals surface area (Å²) in [5.74, 6) is -0.339. The van der Waals surface area contributed by atoms with Crippen molar-refractivity contribution in [2.45, 2.75) is 32.6 Å². The van der Waals surface area contributed by atoms with E-state index in [0.29, 0.717) is 5.69 Å². The van der Waals surface area contributed by atoms with Crippen molar-refractivity contribution in [3.63, 3.8) is 0 Å². The van der Waals surface area contributed by atoms with Crippen molar-refractivity contribution in [1.29, 1.82) is 0 Å². The molecular weight excluding hydrogens is 180 g/mol. The first-order valence-electron chi connectivity index (χ1n) is 4.90. The molecule has 14 heavy (non-hydrogen) atoms. The third-order valence-electron chi connectivity index (χ3n) is 2.16. The van der Waals surface area contributed by atoms with Crippen LogP contribution in [0.25, 0.3) is 0 Å². The molecule has 1 aromatic rings. The summed E-state index contributed by atoms with van der Waals surface area (Å²) in [6, 6.07) is 0. The summed E-state index contributed by atoms with van der Waals surface area (Å²) in [5, 5.41) is 6.50. The molecule has 0 radical (unpaired) electrons. The number of methoxy groups -OCH3 is 1. The van der Waals surface area contributed by atoms with Gasteiger partial charge in [0.2, 0.25) is 0 Å². The SMILES string of the molecule is CCCCCc1cn[nH]c1C(=O)OC. The minimum absolute atomic E-state index is 0.339. The van der Waals surface area contributed by atoms with E-state index in [2.05, 4.69) is 21.9 Å². The summed E-state index contributed by atoms with van der Waals surface area (Å²) < 4.78 is 4.63. The molecule has 1 aromatic heterocycles. The van der Waals surface area contributed by atoms with E-state index in [9.17, 15) is 4.79 Å². The molecule has 0 aliphatic rings.